The molecule has 2 atom stereocenters. The quantitative estimate of drug-likeness (QED) is 0.848. The van der Waals surface area contributed by atoms with Crippen molar-refractivity contribution >= 4 is 28.9 Å². The molecule has 3 saturated heterocycles. The summed E-state index contributed by atoms with van der Waals surface area (Å²) in [7, 11) is 1.59. The number of carbonyl (C=O) groups excluding carboxylic acids is 1. The van der Waals surface area contributed by atoms with Crippen LogP contribution in [0.3, 0.4) is 0 Å². The molecule has 3 fully saturated rings. The van der Waals surface area contributed by atoms with Crippen LogP contribution in [0.2, 0.25) is 5.02 Å². The number of hydrogen-bond acceptors (Lipinski definition) is 5. The Bertz CT molecular complexity index is 957. The first-order chi connectivity index (χ1) is 13.3. The van der Waals surface area contributed by atoms with Crippen LogP contribution in [-0.4, -0.2) is 52.3 Å². The summed E-state index contributed by atoms with van der Waals surface area (Å²) in [5.74, 6) is 0.00132. The number of piperidine rings is 1. The van der Waals surface area contributed by atoms with Gasteiger partial charge in [-0.05, 0) is 43.5 Å². The van der Waals surface area contributed by atoms with Gasteiger partial charge in [-0.1, -0.05) is 17.7 Å². The van der Waals surface area contributed by atoms with Gasteiger partial charge in [0.25, 0.3) is 5.56 Å². The number of amides is 1. The van der Waals surface area contributed by atoms with Crippen molar-refractivity contribution in [2.75, 3.05) is 29.9 Å². The van der Waals surface area contributed by atoms with Crippen molar-refractivity contribution in [3.8, 4) is 0 Å². The number of anilines is 2. The number of aromatic nitrogens is 2. The summed E-state index contributed by atoms with van der Waals surface area (Å²) in [6.07, 6.45) is 2.70. The fourth-order valence-electron chi connectivity index (χ4n) is 4.28. The second kappa shape index (κ2) is 7.22. The molecule has 4 heterocycles. The molecule has 0 spiro atoms. The first kappa shape index (κ1) is 19.0. The van der Waals surface area contributed by atoms with E-state index in [9.17, 15) is 9.59 Å². The van der Waals surface area contributed by atoms with E-state index in [1.54, 1.807) is 13.2 Å². The van der Waals surface area contributed by atoms with Gasteiger partial charge in [0.2, 0.25) is 5.91 Å². The molecule has 0 aliphatic carbocycles. The largest absolute Gasteiger partial charge is 0.366 e. The minimum Gasteiger partial charge on any atom is -0.366 e. The molecule has 0 radical (unpaired) electrons. The van der Waals surface area contributed by atoms with Gasteiger partial charge in [-0.15, -0.1) is 0 Å². The Morgan fingerprint density at radius 3 is 2.50 bits per heavy atom. The molecule has 3 aliphatic rings. The zero-order chi connectivity index (χ0) is 20.0. The van der Waals surface area contributed by atoms with Crippen molar-refractivity contribution in [3.63, 3.8) is 0 Å². The number of nitrogens with zero attached hydrogens (tertiary/aromatic N) is 4. The Hall–Kier alpha value is -2.38. The van der Waals surface area contributed by atoms with Gasteiger partial charge in [0, 0.05) is 37.9 Å². The highest BCUT2D eigenvalue weighted by Crippen LogP contribution is 2.35. The average molecular weight is 402 g/mol. The molecule has 7 nitrogen and oxygen atoms in total. The predicted molar refractivity (Wildman–Crippen MR) is 110 cm³/mol. The summed E-state index contributed by atoms with van der Waals surface area (Å²) in [4.78, 5) is 28.9. The lowest BCUT2D eigenvalue weighted by molar-refractivity contribution is -0.121. The molecular weight excluding hydrogens is 378 g/mol. The Morgan fingerprint density at radius 2 is 1.86 bits per heavy atom. The lowest BCUT2D eigenvalue weighted by Gasteiger charge is -2.56. The Balaban J connectivity index is 1.39. The third-order valence-electron chi connectivity index (χ3n) is 5.58. The first-order valence-electron chi connectivity index (χ1n) is 9.42. The molecular formula is C20H24ClN5O2. The van der Waals surface area contributed by atoms with E-state index in [4.69, 9.17) is 11.6 Å². The van der Waals surface area contributed by atoms with Crippen LogP contribution in [0.1, 0.15) is 17.5 Å². The van der Waals surface area contributed by atoms with Crippen LogP contribution < -0.4 is 15.8 Å². The molecule has 2 unspecified atom stereocenters. The van der Waals surface area contributed by atoms with Crippen molar-refractivity contribution in [1.82, 2.24) is 14.7 Å². The number of fused-ring (bicyclic) bond motifs is 2. The molecule has 28 heavy (non-hydrogen) atoms. The Labute approximate surface area is 168 Å². The van der Waals surface area contributed by atoms with Crippen LogP contribution in [0.15, 0.2) is 29.2 Å². The molecule has 2 bridgehead atoms. The van der Waals surface area contributed by atoms with E-state index in [0.29, 0.717) is 12.2 Å². The smallest absolute Gasteiger partial charge is 0.287 e. The number of piperazine rings is 1. The van der Waals surface area contributed by atoms with Crippen molar-refractivity contribution in [2.24, 2.45) is 7.05 Å². The van der Waals surface area contributed by atoms with E-state index in [1.807, 2.05) is 26.0 Å². The lowest BCUT2D eigenvalue weighted by Crippen LogP contribution is -2.69. The molecule has 2 aromatic rings. The first-order valence-corrected chi connectivity index (χ1v) is 9.80. The van der Waals surface area contributed by atoms with Crippen molar-refractivity contribution in [1.29, 1.82) is 0 Å². The lowest BCUT2D eigenvalue weighted by atomic mass is 9.87. The summed E-state index contributed by atoms with van der Waals surface area (Å²) >= 11 is 6.24. The van der Waals surface area contributed by atoms with Crippen LogP contribution in [0.25, 0.3) is 0 Å². The van der Waals surface area contributed by atoms with Crippen molar-refractivity contribution in [2.45, 2.75) is 32.4 Å². The van der Waals surface area contributed by atoms with Crippen LogP contribution in [0, 0.1) is 13.8 Å². The SMILES string of the molecule is Cc1cc(C)cc(NC(=O)CN2C3CC2CN(c2cnn(C)c(=O)c2Cl)C3)c1. The van der Waals surface area contributed by atoms with Crippen molar-refractivity contribution in [3.05, 3.63) is 50.9 Å². The summed E-state index contributed by atoms with van der Waals surface area (Å²) in [6.45, 7) is 5.89. The second-order valence-electron chi connectivity index (χ2n) is 7.82. The Kier molecular flexibility index (Phi) is 4.89. The molecule has 3 aliphatic heterocycles. The molecule has 1 amide bonds. The summed E-state index contributed by atoms with van der Waals surface area (Å²) in [5.41, 5.74) is 3.49. The maximum Gasteiger partial charge on any atom is 0.287 e. The Morgan fingerprint density at radius 1 is 1.21 bits per heavy atom. The van der Waals surface area contributed by atoms with Crippen LogP contribution in [0.5, 0.6) is 0 Å². The van der Waals surface area contributed by atoms with Gasteiger partial charge in [-0.3, -0.25) is 14.5 Å². The fraction of sp³-hybridized carbons (Fsp3) is 0.450. The number of benzene rings is 1. The van der Waals surface area contributed by atoms with E-state index >= 15 is 0 Å². The average Bonchev–Trinajstić information content (AvgIpc) is 2.63. The van der Waals surface area contributed by atoms with Crippen LogP contribution >= 0.6 is 11.6 Å². The minimum atomic E-state index is -0.289. The van der Waals surface area contributed by atoms with E-state index in [0.717, 1.165) is 36.3 Å². The maximum atomic E-state index is 12.5. The molecule has 1 aromatic heterocycles. The number of nitrogens with one attached hydrogen (secondary N) is 1. The van der Waals surface area contributed by atoms with Gasteiger partial charge in [0.05, 0.1) is 18.4 Å². The fourth-order valence-corrected chi connectivity index (χ4v) is 4.57. The predicted octanol–water partition coefficient (Wildman–Crippen LogP) is 1.95. The second-order valence-corrected chi connectivity index (χ2v) is 8.20. The number of carbonyl (C=O) groups is 1. The van der Waals surface area contributed by atoms with Crippen LogP contribution in [-0.2, 0) is 11.8 Å². The van der Waals surface area contributed by atoms with Crippen LogP contribution in [0.4, 0.5) is 11.4 Å². The highest BCUT2D eigenvalue weighted by molar-refractivity contribution is 6.33. The van der Waals surface area contributed by atoms with Gasteiger partial charge in [0.15, 0.2) is 0 Å². The zero-order valence-electron chi connectivity index (χ0n) is 16.3. The highest BCUT2D eigenvalue weighted by Gasteiger charge is 2.45. The van der Waals surface area contributed by atoms with E-state index in [1.165, 1.54) is 4.68 Å². The third kappa shape index (κ3) is 3.52. The molecule has 5 rings (SSSR count). The van der Waals surface area contributed by atoms with E-state index in [-0.39, 0.29) is 28.6 Å². The number of halogens is 1. The van der Waals surface area contributed by atoms with E-state index in [2.05, 4.69) is 26.3 Å². The van der Waals surface area contributed by atoms with Gasteiger partial charge in [-0.2, -0.15) is 5.10 Å². The summed E-state index contributed by atoms with van der Waals surface area (Å²) in [5, 5.41) is 7.30. The molecule has 8 heteroatoms. The van der Waals surface area contributed by atoms with E-state index < -0.39 is 0 Å². The number of aryl methyl sites for hydroxylation is 3. The molecule has 1 aromatic carbocycles. The van der Waals surface area contributed by atoms with Gasteiger partial charge >= 0.3 is 0 Å². The number of hydrogen-bond donors (Lipinski definition) is 1. The van der Waals surface area contributed by atoms with Gasteiger partial charge < -0.3 is 10.2 Å². The normalized spacial score (nSPS) is 21.4. The number of rotatable bonds is 4. The topological polar surface area (TPSA) is 70.5 Å². The zero-order valence-corrected chi connectivity index (χ0v) is 17.0. The van der Waals surface area contributed by atoms with Gasteiger partial charge in [-0.25, -0.2) is 4.68 Å². The maximum absolute atomic E-state index is 12.5. The standard InChI is InChI=1S/C20H24ClN5O2/c1-12-4-13(2)6-14(5-12)23-18(27)11-26-15-7-16(26)10-25(9-15)17-8-22-24(3)20(28)19(17)21/h4-6,8,15-16H,7,9-11H2,1-3H3,(H,23,27). The molecule has 148 valence electrons. The monoisotopic (exact) mass is 401 g/mol. The molecule has 1 N–H and O–H groups in total. The van der Waals surface area contributed by atoms with Gasteiger partial charge in [0.1, 0.15) is 5.02 Å². The molecule has 0 saturated carbocycles. The minimum absolute atomic E-state index is 0.00132. The highest BCUT2D eigenvalue weighted by atomic mass is 35.5. The summed E-state index contributed by atoms with van der Waals surface area (Å²) in [6, 6.07) is 6.61. The third-order valence-corrected chi connectivity index (χ3v) is 5.93. The summed E-state index contributed by atoms with van der Waals surface area (Å²) < 4.78 is 1.24. The van der Waals surface area contributed by atoms with Crippen molar-refractivity contribution < 1.29 is 4.79 Å².